The Morgan fingerprint density at radius 1 is 1.33 bits per heavy atom. The molecule has 0 unspecified atom stereocenters. The van der Waals surface area contributed by atoms with Gasteiger partial charge in [-0.15, -0.1) is 0 Å². The number of phenols is 1. The molecular weight excluding hydrogens is 346 g/mol. The zero-order valence-corrected chi connectivity index (χ0v) is 15.5. The molecule has 3 heterocycles. The molecule has 2 aliphatic rings. The maximum Gasteiger partial charge on any atom is 0.219 e. The van der Waals surface area contributed by atoms with Crippen LogP contribution in [0.5, 0.6) is 5.75 Å². The molecule has 0 bridgehead atoms. The summed E-state index contributed by atoms with van der Waals surface area (Å²) in [6.45, 7) is 4.53. The highest BCUT2D eigenvalue weighted by molar-refractivity contribution is 5.73. The van der Waals surface area contributed by atoms with Crippen molar-refractivity contribution in [2.45, 2.75) is 37.8 Å². The lowest BCUT2D eigenvalue weighted by Crippen LogP contribution is -2.65. The molecule has 7 nitrogen and oxygen atoms in total. The lowest BCUT2D eigenvalue weighted by molar-refractivity contribution is -0.130. The molecule has 1 amide bonds. The summed E-state index contributed by atoms with van der Waals surface area (Å²) in [6.07, 6.45) is 2.63. The third kappa shape index (κ3) is 3.99. The van der Waals surface area contributed by atoms with Crippen LogP contribution in [0.3, 0.4) is 0 Å². The number of carbonyl (C=O) groups excluding carboxylic acids is 1. The number of phenolic OH excluding ortho intramolecular Hbond substituents is 1. The van der Waals surface area contributed by atoms with Crippen molar-refractivity contribution in [1.82, 2.24) is 15.4 Å². The maximum absolute atomic E-state index is 11.5. The van der Waals surface area contributed by atoms with Crippen molar-refractivity contribution in [2.75, 3.05) is 26.3 Å². The maximum atomic E-state index is 11.5. The molecule has 1 aromatic carbocycles. The van der Waals surface area contributed by atoms with Gasteiger partial charge in [0.05, 0.1) is 24.4 Å². The van der Waals surface area contributed by atoms with Gasteiger partial charge in [0.15, 0.2) is 5.76 Å². The van der Waals surface area contributed by atoms with Crippen molar-refractivity contribution >= 4 is 5.91 Å². The van der Waals surface area contributed by atoms with E-state index in [0.29, 0.717) is 25.0 Å². The Kier molecular flexibility index (Phi) is 4.88. The molecule has 2 aliphatic heterocycles. The standard InChI is InChI=1S/C20H25N3O4/c1-14(24)23-7-5-16(6-8-23)21-20(12-26-13-20)11-17-10-19(27-22-17)15-3-2-4-18(25)9-15/h2-4,9-10,16,21,25H,5-8,11-13H2,1H3. The van der Waals surface area contributed by atoms with E-state index in [0.717, 1.165) is 43.6 Å². The molecule has 7 heteroatoms. The zero-order valence-electron chi connectivity index (χ0n) is 15.5. The van der Waals surface area contributed by atoms with Gasteiger partial charge in [-0.1, -0.05) is 17.3 Å². The lowest BCUT2D eigenvalue weighted by Gasteiger charge is -2.46. The van der Waals surface area contributed by atoms with Crippen molar-refractivity contribution in [3.8, 4) is 17.1 Å². The molecule has 144 valence electrons. The number of benzene rings is 1. The summed E-state index contributed by atoms with van der Waals surface area (Å²) >= 11 is 0. The minimum absolute atomic E-state index is 0.129. The first kappa shape index (κ1) is 18.0. The van der Waals surface area contributed by atoms with Gasteiger partial charge in [0, 0.05) is 44.1 Å². The molecule has 2 fully saturated rings. The fraction of sp³-hybridized carbons (Fsp3) is 0.500. The van der Waals surface area contributed by atoms with E-state index < -0.39 is 0 Å². The first-order chi connectivity index (χ1) is 13.0. The molecule has 0 saturated carbocycles. The van der Waals surface area contributed by atoms with Crippen LogP contribution in [0.15, 0.2) is 34.9 Å². The Labute approximate surface area is 158 Å². The Morgan fingerprint density at radius 3 is 2.74 bits per heavy atom. The van der Waals surface area contributed by atoms with Crippen molar-refractivity contribution in [3.05, 3.63) is 36.0 Å². The fourth-order valence-corrected chi connectivity index (χ4v) is 3.89. The smallest absolute Gasteiger partial charge is 0.219 e. The normalized spacial score (nSPS) is 19.7. The van der Waals surface area contributed by atoms with Crippen LogP contribution in [-0.2, 0) is 16.0 Å². The van der Waals surface area contributed by atoms with Crippen LogP contribution in [0.1, 0.15) is 25.5 Å². The number of likely N-dealkylation sites (tertiary alicyclic amines) is 1. The second-order valence-corrected chi connectivity index (χ2v) is 7.61. The Morgan fingerprint density at radius 2 is 2.11 bits per heavy atom. The van der Waals surface area contributed by atoms with Gasteiger partial charge < -0.3 is 24.6 Å². The summed E-state index contributed by atoms with van der Waals surface area (Å²) < 4.78 is 11.0. The number of carbonyl (C=O) groups is 1. The molecule has 0 spiro atoms. The number of aromatic hydroxyl groups is 1. The van der Waals surface area contributed by atoms with Crippen molar-refractivity contribution in [1.29, 1.82) is 0 Å². The van der Waals surface area contributed by atoms with Gasteiger partial charge in [-0.2, -0.15) is 0 Å². The van der Waals surface area contributed by atoms with Crippen LogP contribution >= 0.6 is 0 Å². The number of rotatable bonds is 5. The first-order valence-corrected chi connectivity index (χ1v) is 9.39. The Balaban J connectivity index is 1.40. The number of nitrogens with zero attached hydrogens (tertiary/aromatic N) is 2. The second-order valence-electron chi connectivity index (χ2n) is 7.61. The lowest BCUT2D eigenvalue weighted by atomic mass is 9.88. The van der Waals surface area contributed by atoms with Crippen LogP contribution in [0.2, 0.25) is 0 Å². The monoisotopic (exact) mass is 371 g/mol. The quantitative estimate of drug-likeness (QED) is 0.835. The van der Waals surface area contributed by atoms with E-state index >= 15 is 0 Å². The SMILES string of the molecule is CC(=O)N1CCC(NC2(Cc3cc(-c4cccc(O)c4)on3)COC2)CC1. The average molecular weight is 371 g/mol. The summed E-state index contributed by atoms with van der Waals surface area (Å²) in [5, 5.41) is 17.6. The van der Waals surface area contributed by atoms with E-state index in [1.165, 1.54) is 0 Å². The van der Waals surface area contributed by atoms with Crippen LogP contribution in [0.25, 0.3) is 11.3 Å². The molecule has 0 atom stereocenters. The van der Waals surface area contributed by atoms with Gasteiger partial charge in [-0.3, -0.25) is 4.79 Å². The largest absolute Gasteiger partial charge is 0.508 e. The summed E-state index contributed by atoms with van der Waals surface area (Å²) in [4.78, 5) is 13.4. The molecule has 27 heavy (non-hydrogen) atoms. The van der Waals surface area contributed by atoms with E-state index in [1.54, 1.807) is 25.1 Å². The fourth-order valence-electron chi connectivity index (χ4n) is 3.89. The Bertz CT molecular complexity index is 807. The van der Waals surface area contributed by atoms with Crippen LogP contribution in [0.4, 0.5) is 0 Å². The zero-order chi connectivity index (χ0) is 18.9. The minimum Gasteiger partial charge on any atom is -0.508 e. The molecule has 4 rings (SSSR count). The summed E-state index contributed by atoms with van der Waals surface area (Å²) in [5.41, 5.74) is 1.54. The van der Waals surface area contributed by atoms with E-state index in [2.05, 4.69) is 10.5 Å². The van der Waals surface area contributed by atoms with Crippen molar-refractivity contribution in [2.24, 2.45) is 0 Å². The van der Waals surface area contributed by atoms with Gasteiger partial charge >= 0.3 is 0 Å². The third-order valence-corrected chi connectivity index (χ3v) is 5.42. The van der Waals surface area contributed by atoms with Crippen molar-refractivity contribution < 1.29 is 19.2 Å². The van der Waals surface area contributed by atoms with E-state index in [-0.39, 0.29) is 17.2 Å². The van der Waals surface area contributed by atoms with E-state index in [1.807, 2.05) is 17.0 Å². The molecule has 1 aromatic heterocycles. The molecule has 2 N–H and O–H groups in total. The summed E-state index contributed by atoms with van der Waals surface area (Å²) in [6, 6.07) is 9.25. The molecule has 0 radical (unpaired) electrons. The second kappa shape index (κ2) is 7.32. The van der Waals surface area contributed by atoms with Gasteiger partial charge in [0.2, 0.25) is 5.91 Å². The number of nitrogens with one attached hydrogen (secondary N) is 1. The number of hydrogen-bond acceptors (Lipinski definition) is 6. The number of piperidine rings is 1. The molecule has 0 aliphatic carbocycles. The number of hydrogen-bond donors (Lipinski definition) is 2. The average Bonchev–Trinajstić information content (AvgIpc) is 3.09. The number of ether oxygens (including phenoxy) is 1. The van der Waals surface area contributed by atoms with Crippen LogP contribution < -0.4 is 5.32 Å². The minimum atomic E-state index is -0.129. The summed E-state index contributed by atoms with van der Waals surface area (Å²) in [7, 11) is 0. The van der Waals surface area contributed by atoms with Gasteiger partial charge in [0.25, 0.3) is 0 Å². The molecule has 2 aromatic rings. The third-order valence-electron chi connectivity index (χ3n) is 5.42. The highest BCUT2D eigenvalue weighted by atomic mass is 16.5. The van der Waals surface area contributed by atoms with Gasteiger partial charge in [-0.25, -0.2) is 0 Å². The number of aromatic nitrogens is 1. The van der Waals surface area contributed by atoms with Crippen LogP contribution in [-0.4, -0.2) is 59.0 Å². The van der Waals surface area contributed by atoms with E-state index in [4.69, 9.17) is 9.26 Å². The summed E-state index contributed by atoms with van der Waals surface area (Å²) in [5.74, 6) is 0.996. The van der Waals surface area contributed by atoms with Gasteiger partial charge in [-0.05, 0) is 25.0 Å². The van der Waals surface area contributed by atoms with Crippen molar-refractivity contribution in [3.63, 3.8) is 0 Å². The first-order valence-electron chi connectivity index (χ1n) is 9.39. The predicted octanol–water partition coefficient (Wildman–Crippen LogP) is 1.96. The van der Waals surface area contributed by atoms with Crippen LogP contribution in [0, 0.1) is 0 Å². The molecular formula is C20H25N3O4. The molecule has 2 saturated heterocycles. The topological polar surface area (TPSA) is 87.8 Å². The highest BCUT2D eigenvalue weighted by Crippen LogP contribution is 2.28. The van der Waals surface area contributed by atoms with E-state index in [9.17, 15) is 9.90 Å². The van der Waals surface area contributed by atoms with Gasteiger partial charge in [0.1, 0.15) is 5.75 Å². The Hall–Kier alpha value is -2.38. The highest BCUT2D eigenvalue weighted by Gasteiger charge is 2.41. The predicted molar refractivity (Wildman–Crippen MR) is 99.3 cm³/mol. The number of amides is 1.